The second-order valence-electron chi connectivity index (χ2n) is 15.6. The van der Waals surface area contributed by atoms with Gasteiger partial charge in [-0.25, -0.2) is 15.0 Å². The molecule has 1 aliphatic rings. The number of rotatable bonds is 6. The third-order valence-electron chi connectivity index (χ3n) is 11.9. The van der Waals surface area contributed by atoms with Crippen LogP contribution in [-0.4, -0.2) is 19.5 Å². The van der Waals surface area contributed by atoms with E-state index < -0.39 is 0 Å². The summed E-state index contributed by atoms with van der Waals surface area (Å²) in [4.78, 5) is 16.1. The highest BCUT2D eigenvalue weighted by atomic mass is 16.5. The molecule has 11 aromatic rings. The molecular formula is C56H36N4O. The Hall–Kier alpha value is -8.15. The summed E-state index contributed by atoms with van der Waals surface area (Å²) in [6.07, 6.45) is 0. The first-order valence-electron chi connectivity index (χ1n) is 20.6. The van der Waals surface area contributed by atoms with E-state index in [0.717, 1.165) is 78.1 Å². The smallest absolute Gasteiger partial charge is 0.166 e. The first-order valence-corrected chi connectivity index (χ1v) is 20.6. The molecule has 61 heavy (non-hydrogen) atoms. The molecule has 12 rings (SSSR count). The average Bonchev–Trinajstić information content (AvgIpc) is 3.66. The Kier molecular flexibility index (Phi) is 8.17. The summed E-state index contributed by atoms with van der Waals surface area (Å²) in [5.41, 5.74) is 13.6. The zero-order valence-corrected chi connectivity index (χ0v) is 33.0. The van der Waals surface area contributed by atoms with Gasteiger partial charge in [-0.3, -0.25) is 0 Å². The SMILES string of the molecule is c1ccc(-c2cccc(-c3nc(-c4cccc(-c5ccccc5)c4)nc(-c4cc5c(cc4-n4c6ccccc6c6cc7ccccc7cc64)-c4ccccc4OC5)n3)c2)cc1. The molecule has 3 heterocycles. The Morgan fingerprint density at radius 2 is 0.918 bits per heavy atom. The molecule has 0 bridgehead atoms. The minimum absolute atomic E-state index is 0.431. The zero-order chi connectivity index (χ0) is 40.3. The summed E-state index contributed by atoms with van der Waals surface area (Å²) in [5.74, 6) is 2.66. The molecule has 5 heteroatoms. The van der Waals surface area contributed by atoms with E-state index in [1.165, 1.54) is 21.5 Å². The first-order chi connectivity index (χ1) is 30.2. The van der Waals surface area contributed by atoms with E-state index in [2.05, 4.69) is 193 Å². The van der Waals surface area contributed by atoms with Gasteiger partial charge in [0, 0.05) is 33.0 Å². The fourth-order valence-electron chi connectivity index (χ4n) is 8.94. The molecule has 0 N–H and O–H groups in total. The van der Waals surface area contributed by atoms with Gasteiger partial charge in [0.1, 0.15) is 12.4 Å². The maximum absolute atomic E-state index is 6.40. The number of benzene rings is 9. The van der Waals surface area contributed by atoms with Crippen LogP contribution >= 0.6 is 0 Å². The van der Waals surface area contributed by atoms with Gasteiger partial charge in [-0.2, -0.15) is 0 Å². The summed E-state index contributed by atoms with van der Waals surface area (Å²) in [7, 11) is 0. The van der Waals surface area contributed by atoms with Crippen LogP contribution in [0.25, 0.3) is 106 Å². The van der Waals surface area contributed by atoms with Crippen LogP contribution in [0.15, 0.2) is 206 Å². The highest BCUT2D eigenvalue weighted by molar-refractivity contribution is 6.14. The van der Waals surface area contributed by atoms with Crippen molar-refractivity contribution in [3.63, 3.8) is 0 Å². The molecular weight excluding hydrogens is 745 g/mol. The van der Waals surface area contributed by atoms with Crippen molar-refractivity contribution in [1.29, 1.82) is 0 Å². The van der Waals surface area contributed by atoms with E-state index in [1.807, 2.05) is 18.2 Å². The van der Waals surface area contributed by atoms with Gasteiger partial charge in [0.2, 0.25) is 0 Å². The Labute approximate surface area is 352 Å². The van der Waals surface area contributed by atoms with Crippen LogP contribution < -0.4 is 4.74 Å². The van der Waals surface area contributed by atoms with Crippen molar-refractivity contribution in [2.24, 2.45) is 0 Å². The van der Waals surface area contributed by atoms with E-state index >= 15 is 0 Å². The number of hydrogen-bond donors (Lipinski definition) is 0. The monoisotopic (exact) mass is 780 g/mol. The van der Waals surface area contributed by atoms with Gasteiger partial charge in [0.25, 0.3) is 0 Å². The molecule has 0 saturated heterocycles. The molecule has 0 atom stereocenters. The number of aromatic nitrogens is 4. The summed E-state index contributed by atoms with van der Waals surface area (Å²) in [6, 6.07) is 72.6. The third-order valence-corrected chi connectivity index (χ3v) is 11.9. The summed E-state index contributed by atoms with van der Waals surface area (Å²) < 4.78 is 8.80. The molecule has 0 fully saturated rings. The largest absolute Gasteiger partial charge is 0.488 e. The molecule has 9 aromatic carbocycles. The topological polar surface area (TPSA) is 52.8 Å². The van der Waals surface area contributed by atoms with Crippen molar-refractivity contribution >= 4 is 32.6 Å². The number of para-hydroxylation sites is 2. The molecule has 0 amide bonds. The van der Waals surface area contributed by atoms with Crippen molar-refractivity contribution in [1.82, 2.24) is 19.5 Å². The van der Waals surface area contributed by atoms with Crippen LogP contribution in [-0.2, 0) is 6.61 Å². The highest BCUT2D eigenvalue weighted by Crippen LogP contribution is 2.44. The third kappa shape index (κ3) is 6.06. The summed E-state index contributed by atoms with van der Waals surface area (Å²) >= 11 is 0. The van der Waals surface area contributed by atoms with E-state index in [9.17, 15) is 0 Å². The number of nitrogens with zero attached hydrogens (tertiary/aromatic N) is 4. The van der Waals surface area contributed by atoms with Crippen molar-refractivity contribution in [3.8, 4) is 79.0 Å². The standard InChI is InChI=1S/C56H36N4O/c1-3-15-36(16-4-1)38-21-13-23-42(29-38)54-57-55(43-24-14-22-39(30-43)37-17-5-2-6-18-37)59-56(58-54)49-32-44-35-61-53-28-12-10-26-46(53)47(44)34-52(49)60-50-27-11-9-25-45(50)48-31-40-19-7-8-20-41(40)33-51(48)60/h1-34H,35H2. The molecule has 0 aliphatic carbocycles. The zero-order valence-electron chi connectivity index (χ0n) is 33.0. The molecule has 286 valence electrons. The molecule has 1 aliphatic heterocycles. The number of fused-ring (bicyclic) bond motifs is 7. The van der Waals surface area contributed by atoms with Crippen molar-refractivity contribution in [2.75, 3.05) is 0 Å². The number of ether oxygens (including phenoxy) is 1. The summed E-state index contributed by atoms with van der Waals surface area (Å²) in [5, 5.41) is 4.76. The Bertz CT molecular complexity index is 3380. The molecule has 0 unspecified atom stereocenters. The molecule has 0 spiro atoms. The van der Waals surface area contributed by atoms with Crippen molar-refractivity contribution < 1.29 is 4.74 Å². The van der Waals surface area contributed by atoms with Gasteiger partial charge in [-0.05, 0) is 92.7 Å². The second kappa shape index (κ2) is 14.3. The van der Waals surface area contributed by atoms with Gasteiger partial charge in [-0.15, -0.1) is 0 Å². The lowest BCUT2D eigenvalue weighted by Gasteiger charge is -2.24. The predicted octanol–water partition coefficient (Wildman–Crippen LogP) is 14.0. The summed E-state index contributed by atoms with van der Waals surface area (Å²) in [6.45, 7) is 0.431. The predicted molar refractivity (Wildman–Crippen MR) is 249 cm³/mol. The van der Waals surface area contributed by atoms with E-state index in [1.54, 1.807) is 0 Å². The van der Waals surface area contributed by atoms with Crippen LogP contribution in [0.1, 0.15) is 5.56 Å². The molecule has 0 radical (unpaired) electrons. The Morgan fingerprint density at radius 1 is 0.361 bits per heavy atom. The normalized spacial score (nSPS) is 12.0. The maximum atomic E-state index is 6.40. The van der Waals surface area contributed by atoms with E-state index in [0.29, 0.717) is 24.1 Å². The van der Waals surface area contributed by atoms with Gasteiger partial charge < -0.3 is 9.30 Å². The Balaban J connectivity index is 1.15. The maximum Gasteiger partial charge on any atom is 0.166 e. The molecule has 0 saturated carbocycles. The van der Waals surface area contributed by atoms with Crippen LogP contribution in [0, 0.1) is 0 Å². The lowest BCUT2D eigenvalue weighted by atomic mass is 9.93. The quantitative estimate of drug-likeness (QED) is 0.169. The minimum atomic E-state index is 0.431. The fourth-order valence-corrected chi connectivity index (χ4v) is 8.94. The lowest BCUT2D eigenvalue weighted by Crippen LogP contribution is -2.09. The fraction of sp³-hybridized carbons (Fsp3) is 0.0179. The average molecular weight is 781 g/mol. The van der Waals surface area contributed by atoms with Crippen LogP contribution in [0.5, 0.6) is 5.75 Å². The minimum Gasteiger partial charge on any atom is -0.488 e. The highest BCUT2D eigenvalue weighted by Gasteiger charge is 2.25. The van der Waals surface area contributed by atoms with E-state index in [-0.39, 0.29) is 0 Å². The first kappa shape index (κ1) is 34.9. The van der Waals surface area contributed by atoms with Gasteiger partial charge >= 0.3 is 0 Å². The Morgan fingerprint density at radius 3 is 1.62 bits per heavy atom. The van der Waals surface area contributed by atoms with Gasteiger partial charge in [-0.1, -0.05) is 158 Å². The van der Waals surface area contributed by atoms with Crippen molar-refractivity contribution in [3.05, 3.63) is 212 Å². The van der Waals surface area contributed by atoms with E-state index in [4.69, 9.17) is 19.7 Å². The second-order valence-corrected chi connectivity index (χ2v) is 15.6. The van der Waals surface area contributed by atoms with Gasteiger partial charge in [0.05, 0.1) is 16.7 Å². The molecule has 2 aromatic heterocycles. The van der Waals surface area contributed by atoms with Gasteiger partial charge in [0.15, 0.2) is 17.5 Å². The van der Waals surface area contributed by atoms with Crippen LogP contribution in [0.4, 0.5) is 0 Å². The molecule has 5 nitrogen and oxygen atoms in total. The van der Waals surface area contributed by atoms with Crippen molar-refractivity contribution in [2.45, 2.75) is 6.61 Å². The number of hydrogen-bond acceptors (Lipinski definition) is 4. The van der Waals surface area contributed by atoms with Crippen LogP contribution in [0.2, 0.25) is 0 Å². The lowest BCUT2D eigenvalue weighted by molar-refractivity contribution is 0.302. The van der Waals surface area contributed by atoms with Crippen LogP contribution in [0.3, 0.4) is 0 Å².